The Labute approximate surface area is 146 Å². The van der Waals surface area contributed by atoms with Gasteiger partial charge in [0.1, 0.15) is 0 Å². The minimum atomic E-state index is -0.829. The number of benzene rings is 1. The number of aromatic nitrogens is 7. The third-order valence-electron chi connectivity index (χ3n) is 3.79. The third-order valence-corrected chi connectivity index (χ3v) is 3.79. The standard InChI is InChI=1S/C15H16N8O3/c1-4-9-5-7-10(8-6-9)23-13(25)11(18-22(3)15(23)26)12(24)16-14-17-19-20-21(14)2/h5-8H,4H2,1-3H3,(H,16,17,20,24). The molecular formula is C15H16N8O3. The van der Waals surface area contributed by atoms with E-state index in [0.717, 1.165) is 21.2 Å². The van der Waals surface area contributed by atoms with E-state index in [9.17, 15) is 14.4 Å². The molecule has 134 valence electrons. The summed E-state index contributed by atoms with van der Waals surface area (Å²) >= 11 is 0. The van der Waals surface area contributed by atoms with Gasteiger partial charge in [0.2, 0.25) is 11.6 Å². The number of anilines is 1. The van der Waals surface area contributed by atoms with Crippen LogP contribution in [-0.4, -0.2) is 40.5 Å². The summed E-state index contributed by atoms with van der Waals surface area (Å²) in [6.45, 7) is 2.00. The van der Waals surface area contributed by atoms with E-state index in [0.29, 0.717) is 5.69 Å². The number of amides is 1. The molecule has 1 amide bonds. The van der Waals surface area contributed by atoms with E-state index in [1.54, 1.807) is 12.1 Å². The number of tetrazole rings is 1. The summed E-state index contributed by atoms with van der Waals surface area (Å²) in [4.78, 5) is 37.5. The number of hydrogen-bond acceptors (Lipinski definition) is 7. The van der Waals surface area contributed by atoms with Gasteiger partial charge in [0.25, 0.3) is 11.5 Å². The molecule has 0 saturated heterocycles. The van der Waals surface area contributed by atoms with Gasteiger partial charge in [0, 0.05) is 14.1 Å². The minimum Gasteiger partial charge on any atom is -0.288 e. The second-order valence-electron chi connectivity index (χ2n) is 5.50. The second kappa shape index (κ2) is 6.70. The summed E-state index contributed by atoms with van der Waals surface area (Å²) in [6.07, 6.45) is 0.822. The monoisotopic (exact) mass is 356 g/mol. The summed E-state index contributed by atoms with van der Waals surface area (Å²) in [5.41, 5.74) is -0.527. The van der Waals surface area contributed by atoms with Gasteiger partial charge in [-0.05, 0) is 34.5 Å². The molecule has 0 spiro atoms. The summed E-state index contributed by atoms with van der Waals surface area (Å²) in [6, 6.07) is 6.92. The van der Waals surface area contributed by atoms with Crippen molar-refractivity contribution in [2.75, 3.05) is 5.32 Å². The van der Waals surface area contributed by atoms with Crippen LogP contribution in [0.4, 0.5) is 5.95 Å². The smallest absolute Gasteiger partial charge is 0.288 e. The number of nitrogens with zero attached hydrogens (tertiary/aromatic N) is 7. The Kier molecular flexibility index (Phi) is 4.43. The molecule has 0 aliphatic rings. The Morgan fingerprint density at radius 2 is 1.81 bits per heavy atom. The van der Waals surface area contributed by atoms with Crippen molar-refractivity contribution in [1.82, 2.24) is 34.6 Å². The van der Waals surface area contributed by atoms with Crippen molar-refractivity contribution in [3.05, 3.63) is 56.4 Å². The van der Waals surface area contributed by atoms with Gasteiger partial charge in [0.05, 0.1) is 5.69 Å². The molecule has 0 atom stereocenters. The first-order valence-corrected chi connectivity index (χ1v) is 7.75. The van der Waals surface area contributed by atoms with E-state index < -0.39 is 22.9 Å². The van der Waals surface area contributed by atoms with Gasteiger partial charge < -0.3 is 0 Å². The van der Waals surface area contributed by atoms with Crippen LogP contribution in [-0.2, 0) is 20.5 Å². The molecule has 0 aliphatic carbocycles. The second-order valence-corrected chi connectivity index (χ2v) is 5.50. The van der Waals surface area contributed by atoms with E-state index >= 15 is 0 Å². The van der Waals surface area contributed by atoms with Crippen LogP contribution in [0, 0.1) is 0 Å². The largest absolute Gasteiger partial charge is 0.351 e. The molecule has 0 fully saturated rings. The van der Waals surface area contributed by atoms with E-state index in [-0.39, 0.29) is 5.95 Å². The molecule has 11 heteroatoms. The Balaban J connectivity index is 2.09. The molecular weight excluding hydrogens is 340 g/mol. The highest BCUT2D eigenvalue weighted by molar-refractivity contribution is 6.01. The number of hydrogen-bond donors (Lipinski definition) is 1. The lowest BCUT2D eigenvalue weighted by Gasteiger charge is -2.09. The molecule has 0 saturated carbocycles. The SMILES string of the molecule is CCc1ccc(-n2c(=O)c(C(=O)Nc3nnnn3C)nn(C)c2=O)cc1. The van der Waals surface area contributed by atoms with Gasteiger partial charge in [0.15, 0.2) is 0 Å². The fourth-order valence-electron chi connectivity index (χ4n) is 2.32. The Morgan fingerprint density at radius 1 is 1.12 bits per heavy atom. The highest BCUT2D eigenvalue weighted by Crippen LogP contribution is 2.07. The quantitative estimate of drug-likeness (QED) is 0.652. The fourth-order valence-corrected chi connectivity index (χ4v) is 2.32. The molecule has 11 nitrogen and oxygen atoms in total. The number of carbonyl (C=O) groups is 1. The molecule has 2 heterocycles. The maximum absolute atomic E-state index is 12.7. The van der Waals surface area contributed by atoms with Crippen LogP contribution >= 0.6 is 0 Å². The Morgan fingerprint density at radius 3 is 2.38 bits per heavy atom. The highest BCUT2D eigenvalue weighted by Gasteiger charge is 2.21. The zero-order valence-corrected chi connectivity index (χ0v) is 14.4. The van der Waals surface area contributed by atoms with Gasteiger partial charge >= 0.3 is 5.69 Å². The van der Waals surface area contributed by atoms with Crippen molar-refractivity contribution in [2.45, 2.75) is 13.3 Å². The van der Waals surface area contributed by atoms with Crippen molar-refractivity contribution < 1.29 is 4.79 Å². The molecule has 3 rings (SSSR count). The zero-order valence-electron chi connectivity index (χ0n) is 14.4. The minimum absolute atomic E-state index is 0.0453. The molecule has 0 unspecified atom stereocenters. The molecule has 1 aromatic carbocycles. The topological polar surface area (TPSA) is 130 Å². The van der Waals surface area contributed by atoms with Crippen molar-refractivity contribution in [3.8, 4) is 5.69 Å². The van der Waals surface area contributed by atoms with Crippen LogP contribution in [0.3, 0.4) is 0 Å². The van der Waals surface area contributed by atoms with Gasteiger partial charge in [-0.2, -0.15) is 5.10 Å². The summed E-state index contributed by atoms with van der Waals surface area (Å²) in [5.74, 6) is -0.772. The summed E-state index contributed by atoms with van der Waals surface area (Å²) < 4.78 is 3.05. The summed E-state index contributed by atoms with van der Waals surface area (Å²) in [5, 5.41) is 16.8. The molecule has 2 aromatic heterocycles. The van der Waals surface area contributed by atoms with Crippen LogP contribution in [0.1, 0.15) is 23.0 Å². The molecule has 0 aliphatic heterocycles. The number of carbonyl (C=O) groups excluding carboxylic acids is 1. The van der Waals surface area contributed by atoms with Crippen LogP contribution in [0.5, 0.6) is 0 Å². The number of aryl methyl sites for hydroxylation is 3. The van der Waals surface area contributed by atoms with E-state index in [2.05, 4.69) is 25.9 Å². The van der Waals surface area contributed by atoms with Crippen LogP contribution in [0.2, 0.25) is 0 Å². The lowest BCUT2D eigenvalue weighted by atomic mass is 10.1. The van der Waals surface area contributed by atoms with Gasteiger partial charge in [-0.1, -0.05) is 24.2 Å². The first-order chi connectivity index (χ1) is 12.4. The lowest BCUT2D eigenvalue weighted by Crippen LogP contribution is -2.43. The fraction of sp³-hybridized carbons (Fsp3) is 0.267. The first-order valence-electron chi connectivity index (χ1n) is 7.75. The van der Waals surface area contributed by atoms with Gasteiger partial charge in [-0.3, -0.25) is 14.9 Å². The van der Waals surface area contributed by atoms with Crippen molar-refractivity contribution in [2.24, 2.45) is 14.1 Å². The third kappa shape index (κ3) is 3.01. The highest BCUT2D eigenvalue weighted by atomic mass is 16.2. The predicted octanol–water partition coefficient (Wildman–Crippen LogP) is -0.731. The first kappa shape index (κ1) is 17.2. The van der Waals surface area contributed by atoms with Crippen LogP contribution in [0.25, 0.3) is 5.69 Å². The average Bonchev–Trinajstić information content (AvgIpc) is 3.03. The number of nitrogens with one attached hydrogen (secondary N) is 1. The van der Waals surface area contributed by atoms with Gasteiger partial charge in [-0.25, -0.2) is 18.7 Å². The average molecular weight is 356 g/mol. The lowest BCUT2D eigenvalue weighted by molar-refractivity contribution is 0.101. The summed E-state index contributed by atoms with van der Waals surface area (Å²) in [7, 11) is 2.89. The van der Waals surface area contributed by atoms with E-state index in [4.69, 9.17) is 0 Å². The maximum Gasteiger partial charge on any atom is 0.351 e. The van der Waals surface area contributed by atoms with Crippen LogP contribution in [0.15, 0.2) is 33.9 Å². The predicted molar refractivity (Wildman–Crippen MR) is 91.2 cm³/mol. The van der Waals surface area contributed by atoms with Gasteiger partial charge in [-0.15, -0.1) is 0 Å². The van der Waals surface area contributed by atoms with E-state index in [1.165, 1.54) is 18.8 Å². The normalized spacial score (nSPS) is 10.7. The van der Waals surface area contributed by atoms with Crippen LogP contribution < -0.4 is 16.6 Å². The molecule has 1 N–H and O–H groups in total. The van der Waals surface area contributed by atoms with E-state index in [1.807, 2.05) is 19.1 Å². The van der Waals surface area contributed by atoms with Crippen molar-refractivity contribution in [3.63, 3.8) is 0 Å². The molecule has 3 aromatic rings. The Bertz CT molecular complexity index is 1080. The molecule has 0 bridgehead atoms. The Hall–Kier alpha value is -3.63. The molecule has 0 radical (unpaired) electrons. The van der Waals surface area contributed by atoms with Crippen molar-refractivity contribution in [1.29, 1.82) is 0 Å². The van der Waals surface area contributed by atoms with Crippen molar-refractivity contribution >= 4 is 11.9 Å². The molecule has 26 heavy (non-hydrogen) atoms. The maximum atomic E-state index is 12.7. The number of rotatable bonds is 4. The zero-order chi connectivity index (χ0) is 18.8.